The molecule has 0 saturated carbocycles. The number of nitrogens with one attached hydrogen (secondary N) is 1. The summed E-state index contributed by atoms with van der Waals surface area (Å²) in [5.74, 6) is 0. The molecule has 0 aromatic rings. The van der Waals surface area contributed by atoms with Crippen molar-refractivity contribution in [1.29, 1.82) is 0 Å². The Balaban J connectivity index is 4.90. The highest BCUT2D eigenvalue weighted by Crippen LogP contribution is 2.06. The van der Waals surface area contributed by atoms with Gasteiger partial charge in [0.2, 0.25) is 0 Å². The molecule has 1 N–H and O–H groups in total. The monoisotopic (exact) mass is 272 g/mol. The summed E-state index contributed by atoms with van der Waals surface area (Å²) < 4.78 is 9.55. The maximum Gasteiger partial charge on any atom is 0.429 e. The van der Waals surface area contributed by atoms with Gasteiger partial charge >= 0.3 is 12.2 Å². The first-order valence-corrected chi connectivity index (χ1v) is 6.11. The number of hydrogen-bond donors (Lipinski definition) is 1. The molecule has 0 unspecified atom stereocenters. The molecule has 0 aliphatic carbocycles. The van der Waals surface area contributed by atoms with Crippen molar-refractivity contribution in [2.75, 3.05) is 13.2 Å². The van der Waals surface area contributed by atoms with Gasteiger partial charge in [0, 0.05) is 0 Å². The minimum absolute atomic E-state index is 0.174. The van der Waals surface area contributed by atoms with Crippen molar-refractivity contribution < 1.29 is 23.9 Å². The Labute approximate surface area is 112 Å². The highest BCUT2D eigenvalue weighted by molar-refractivity contribution is 5.74. The van der Waals surface area contributed by atoms with Crippen LogP contribution in [0.5, 0.6) is 0 Å². The maximum absolute atomic E-state index is 11.8. The largest absolute Gasteiger partial charge is 0.449 e. The molecular formula is C12H20N2O5. The smallest absolute Gasteiger partial charge is 0.429 e. The Morgan fingerprint density at radius 2 is 1.84 bits per heavy atom. The number of ether oxygens (including phenoxy) is 2. The highest BCUT2D eigenvalue weighted by Gasteiger charge is 2.24. The number of amides is 2. The van der Waals surface area contributed by atoms with Crippen LogP contribution in [-0.2, 0) is 14.3 Å². The van der Waals surface area contributed by atoms with E-state index in [2.05, 4.69) is 5.43 Å². The molecule has 0 saturated heterocycles. The number of hydrogen-bond acceptors (Lipinski definition) is 5. The van der Waals surface area contributed by atoms with E-state index in [1.165, 1.54) is 12.2 Å². The standard InChI is InChI=1S/C12H20N2O5/c1-4-10(8-7-9-15)14(12(17)19-6-3)13-11(16)18-5-2/h7-10H,4-6H2,1-3H3,(H,13,16)/b8-7+/t10-/m0/s1. The second kappa shape index (κ2) is 9.93. The van der Waals surface area contributed by atoms with Gasteiger partial charge in [-0.15, -0.1) is 0 Å². The quantitative estimate of drug-likeness (QED) is 0.451. The average molecular weight is 272 g/mol. The molecule has 0 spiro atoms. The molecule has 2 amide bonds. The molecule has 0 aliphatic heterocycles. The van der Waals surface area contributed by atoms with E-state index in [4.69, 9.17) is 9.47 Å². The first-order chi connectivity index (χ1) is 9.10. The lowest BCUT2D eigenvalue weighted by Gasteiger charge is -2.27. The van der Waals surface area contributed by atoms with Crippen LogP contribution < -0.4 is 5.43 Å². The van der Waals surface area contributed by atoms with Crippen molar-refractivity contribution >= 4 is 18.5 Å². The van der Waals surface area contributed by atoms with E-state index in [-0.39, 0.29) is 13.2 Å². The van der Waals surface area contributed by atoms with Gasteiger partial charge in [0.05, 0.1) is 19.3 Å². The summed E-state index contributed by atoms with van der Waals surface area (Å²) >= 11 is 0. The van der Waals surface area contributed by atoms with Gasteiger partial charge < -0.3 is 9.47 Å². The summed E-state index contributed by atoms with van der Waals surface area (Å²) in [6.45, 7) is 5.47. The first-order valence-electron chi connectivity index (χ1n) is 6.11. The fourth-order valence-electron chi connectivity index (χ4n) is 1.30. The summed E-state index contributed by atoms with van der Waals surface area (Å²) in [6, 6.07) is -0.492. The molecule has 0 heterocycles. The van der Waals surface area contributed by atoms with Gasteiger partial charge in [-0.1, -0.05) is 13.0 Å². The molecule has 0 fully saturated rings. The third-order valence-corrected chi connectivity index (χ3v) is 2.11. The normalized spacial score (nSPS) is 11.7. The number of aldehydes is 1. The Kier molecular flexibility index (Phi) is 8.86. The molecule has 7 nitrogen and oxygen atoms in total. The van der Waals surface area contributed by atoms with E-state index in [0.29, 0.717) is 12.7 Å². The number of nitrogens with zero attached hydrogens (tertiary/aromatic N) is 1. The van der Waals surface area contributed by atoms with Gasteiger partial charge in [0.1, 0.15) is 6.29 Å². The first kappa shape index (κ1) is 16.9. The molecule has 0 rings (SSSR count). The summed E-state index contributed by atoms with van der Waals surface area (Å²) in [7, 11) is 0. The Bertz CT molecular complexity index is 330. The topological polar surface area (TPSA) is 84.9 Å². The zero-order chi connectivity index (χ0) is 14.7. The van der Waals surface area contributed by atoms with E-state index in [9.17, 15) is 14.4 Å². The Morgan fingerprint density at radius 1 is 1.21 bits per heavy atom. The van der Waals surface area contributed by atoms with Crippen LogP contribution in [0.4, 0.5) is 9.59 Å². The molecule has 0 aliphatic rings. The Morgan fingerprint density at radius 3 is 2.32 bits per heavy atom. The average Bonchev–Trinajstić information content (AvgIpc) is 2.38. The van der Waals surface area contributed by atoms with Crippen LogP contribution in [0.3, 0.4) is 0 Å². The number of hydrazine groups is 1. The van der Waals surface area contributed by atoms with Crippen LogP contribution in [0.25, 0.3) is 0 Å². The van der Waals surface area contributed by atoms with Crippen LogP contribution in [0, 0.1) is 0 Å². The van der Waals surface area contributed by atoms with Gasteiger partial charge in [0.25, 0.3) is 0 Å². The van der Waals surface area contributed by atoms with E-state index in [1.54, 1.807) is 20.8 Å². The van der Waals surface area contributed by atoms with Gasteiger partial charge in [-0.05, 0) is 26.3 Å². The van der Waals surface area contributed by atoms with Crippen molar-refractivity contribution in [3.05, 3.63) is 12.2 Å². The molecule has 19 heavy (non-hydrogen) atoms. The summed E-state index contributed by atoms with van der Waals surface area (Å²) in [4.78, 5) is 33.5. The molecule has 7 heteroatoms. The van der Waals surface area contributed by atoms with Crippen LogP contribution in [0.2, 0.25) is 0 Å². The highest BCUT2D eigenvalue weighted by atomic mass is 16.6. The molecule has 0 aromatic carbocycles. The lowest BCUT2D eigenvalue weighted by molar-refractivity contribution is -0.104. The third kappa shape index (κ3) is 6.44. The van der Waals surface area contributed by atoms with Crippen molar-refractivity contribution in [2.24, 2.45) is 0 Å². The molecule has 0 bridgehead atoms. The second-order valence-electron chi connectivity index (χ2n) is 3.40. The van der Waals surface area contributed by atoms with Gasteiger partial charge in [-0.2, -0.15) is 0 Å². The van der Waals surface area contributed by atoms with Crippen LogP contribution in [-0.4, -0.2) is 42.7 Å². The number of allylic oxidation sites excluding steroid dienone is 1. The van der Waals surface area contributed by atoms with Gasteiger partial charge in [-0.3, -0.25) is 4.79 Å². The minimum atomic E-state index is -0.756. The molecule has 0 radical (unpaired) electrons. The molecule has 0 aromatic heterocycles. The van der Waals surface area contributed by atoms with Crippen LogP contribution in [0.1, 0.15) is 27.2 Å². The SMILES string of the molecule is CCOC(=O)NN(C(=O)OCC)[C@H](/C=C/C=O)CC. The van der Waals surface area contributed by atoms with E-state index >= 15 is 0 Å². The third-order valence-electron chi connectivity index (χ3n) is 2.11. The van der Waals surface area contributed by atoms with Crippen molar-refractivity contribution in [3.63, 3.8) is 0 Å². The predicted octanol–water partition coefficient (Wildman–Crippen LogP) is 1.64. The maximum atomic E-state index is 11.8. The molecular weight excluding hydrogens is 252 g/mol. The fraction of sp³-hybridized carbons (Fsp3) is 0.583. The van der Waals surface area contributed by atoms with E-state index in [0.717, 1.165) is 5.01 Å². The van der Waals surface area contributed by atoms with Crippen molar-refractivity contribution in [2.45, 2.75) is 33.2 Å². The van der Waals surface area contributed by atoms with Crippen molar-refractivity contribution in [3.8, 4) is 0 Å². The fourth-order valence-corrected chi connectivity index (χ4v) is 1.30. The number of carbonyl (C=O) groups excluding carboxylic acids is 3. The number of carbonyl (C=O) groups is 3. The Hall–Kier alpha value is -2.05. The van der Waals surface area contributed by atoms with Gasteiger partial charge in [0.15, 0.2) is 0 Å². The zero-order valence-corrected chi connectivity index (χ0v) is 11.4. The lowest BCUT2D eigenvalue weighted by atomic mass is 10.2. The van der Waals surface area contributed by atoms with Gasteiger partial charge in [-0.25, -0.2) is 20.0 Å². The minimum Gasteiger partial charge on any atom is -0.449 e. The van der Waals surface area contributed by atoms with Crippen molar-refractivity contribution in [1.82, 2.24) is 10.4 Å². The summed E-state index contributed by atoms with van der Waals surface area (Å²) in [5, 5.41) is 1.00. The van der Waals surface area contributed by atoms with E-state index < -0.39 is 18.2 Å². The van der Waals surface area contributed by atoms with E-state index in [1.807, 2.05) is 0 Å². The molecule has 1 atom stereocenters. The summed E-state index contributed by atoms with van der Waals surface area (Å²) in [6.07, 6.45) is 2.38. The van der Waals surface area contributed by atoms with Crippen LogP contribution in [0.15, 0.2) is 12.2 Å². The van der Waals surface area contributed by atoms with Crippen LogP contribution >= 0.6 is 0 Å². The predicted molar refractivity (Wildman–Crippen MR) is 68.3 cm³/mol. The zero-order valence-electron chi connectivity index (χ0n) is 11.4. The lowest BCUT2D eigenvalue weighted by Crippen LogP contribution is -2.51. The molecule has 108 valence electrons. The summed E-state index contributed by atoms with van der Waals surface area (Å²) in [5.41, 5.74) is 2.29. The second-order valence-corrected chi connectivity index (χ2v) is 3.40. The number of rotatable bonds is 6.